The summed E-state index contributed by atoms with van der Waals surface area (Å²) in [6.07, 6.45) is 0.738. The Bertz CT molecular complexity index is 574. The fourth-order valence-corrected chi connectivity index (χ4v) is 2.80. The molecule has 1 N–H and O–H groups in total. The summed E-state index contributed by atoms with van der Waals surface area (Å²) in [5, 5.41) is 2.00. The van der Waals surface area contributed by atoms with Gasteiger partial charge in [-0.15, -0.1) is 11.3 Å². The Morgan fingerprint density at radius 3 is 2.88 bits per heavy atom. The molecule has 5 heteroatoms. The summed E-state index contributed by atoms with van der Waals surface area (Å²) in [5.41, 5.74) is 1.82. The summed E-state index contributed by atoms with van der Waals surface area (Å²) in [6.45, 7) is 4.00. The van der Waals surface area contributed by atoms with Crippen LogP contribution in [0.3, 0.4) is 0 Å². The van der Waals surface area contributed by atoms with Crippen molar-refractivity contribution in [3.63, 3.8) is 0 Å². The average Bonchev–Trinajstić information content (AvgIpc) is 2.68. The molecule has 0 radical (unpaired) electrons. The molecule has 0 aliphatic heterocycles. The Labute approximate surface area is 106 Å². The van der Waals surface area contributed by atoms with Crippen molar-refractivity contribution < 1.29 is 0 Å². The predicted molar refractivity (Wildman–Crippen MR) is 70.0 cm³/mol. The van der Waals surface area contributed by atoms with Gasteiger partial charge in [0.2, 0.25) is 0 Å². The van der Waals surface area contributed by atoms with E-state index in [9.17, 15) is 4.79 Å². The van der Waals surface area contributed by atoms with Crippen molar-refractivity contribution in [3.05, 3.63) is 37.5 Å². The van der Waals surface area contributed by atoms with Crippen molar-refractivity contribution in [2.45, 2.75) is 20.3 Å². The summed E-state index contributed by atoms with van der Waals surface area (Å²) >= 11 is 4.84. The van der Waals surface area contributed by atoms with Gasteiger partial charge in [-0.2, -0.15) is 0 Å². The number of rotatable bonds is 2. The van der Waals surface area contributed by atoms with E-state index in [1.807, 2.05) is 25.3 Å². The normalized spacial score (nSPS) is 10.7. The molecule has 2 aromatic heterocycles. The zero-order valence-corrected chi connectivity index (χ0v) is 11.4. The number of hydrogen-bond donors (Lipinski definition) is 1. The maximum absolute atomic E-state index is 11.7. The van der Waals surface area contributed by atoms with Gasteiger partial charge in [0.15, 0.2) is 5.82 Å². The summed E-state index contributed by atoms with van der Waals surface area (Å²) in [5.74, 6) is 0.664. The van der Waals surface area contributed by atoms with E-state index in [0.717, 1.165) is 22.6 Å². The first-order valence-electron chi connectivity index (χ1n) is 4.96. The van der Waals surface area contributed by atoms with Crippen molar-refractivity contribution in [1.82, 2.24) is 9.97 Å². The third-order valence-corrected chi connectivity index (χ3v) is 4.18. The Balaban J connectivity index is 2.64. The number of aromatic amines is 1. The lowest BCUT2D eigenvalue weighted by atomic mass is 10.2. The van der Waals surface area contributed by atoms with Gasteiger partial charge >= 0.3 is 0 Å². The quantitative estimate of drug-likeness (QED) is 0.926. The highest BCUT2D eigenvalue weighted by Crippen LogP contribution is 2.26. The van der Waals surface area contributed by atoms with E-state index < -0.39 is 0 Å². The lowest BCUT2D eigenvalue weighted by molar-refractivity contribution is 0.972. The minimum Gasteiger partial charge on any atom is -0.305 e. The molecule has 84 valence electrons. The molecule has 2 rings (SSSR count). The number of H-pyrrole nitrogens is 1. The molecule has 0 saturated heterocycles. The van der Waals surface area contributed by atoms with E-state index in [-0.39, 0.29) is 5.56 Å². The minimum absolute atomic E-state index is 0.116. The van der Waals surface area contributed by atoms with E-state index in [4.69, 9.17) is 0 Å². The highest BCUT2D eigenvalue weighted by atomic mass is 79.9. The Kier molecular flexibility index (Phi) is 3.25. The summed E-state index contributed by atoms with van der Waals surface area (Å²) in [7, 11) is 0. The van der Waals surface area contributed by atoms with E-state index in [1.54, 1.807) is 11.3 Å². The fraction of sp³-hybridized carbons (Fsp3) is 0.273. The van der Waals surface area contributed by atoms with Crippen LogP contribution in [0.25, 0.3) is 10.7 Å². The van der Waals surface area contributed by atoms with Gasteiger partial charge in [0.05, 0.1) is 10.6 Å². The van der Waals surface area contributed by atoms with Crippen LogP contribution in [-0.2, 0) is 6.42 Å². The maximum atomic E-state index is 11.7. The number of nitrogens with one attached hydrogen (secondary N) is 1. The molecule has 0 fully saturated rings. The van der Waals surface area contributed by atoms with E-state index >= 15 is 0 Å². The fourth-order valence-electron chi connectivity index (χ4n) is 1.46. The second-order valence-electron chi connectivity index (χ2n) is 3.46. The van der Waals surface area contributed by atoms with Crippen molar-refractivity contribution in [3.8, 4) is 10.7 Å². The van der Waals surface area contributed by atoms with Crippen LogP contribution in [0.5, 0.6) is 0 Å². The first-order valence-corrected chi connectivity index (χ1v) is 6.64. The van der Waals surface area contributed by atoms with Crippen LogP contribution in [0, 0.1) is 6.92 Å². The highest BCUT2D eigenvalue weighted by molar-refractivity contribution is 9.10. The second-order valence-corrected chi connectivity index (χ2v) is 5.17. The van der Waals surface area contributed by atoms with Crippen LogP contribution in [-0.4, -0.2) is 9.97 Å². The van der Waals surface area contributed by atoms with Crippen LogP contribution < -0.4 is 5.56 Å². The lowest BCUT2D eigenvalue weighted by Crippen LogP contribution is -2.13. The molecule has 2 aromatic rings. The molecule has 3 nitrogen and oxygen atoms in total. The molecule has 0 aliphatic rings. The van der Waals surface area contributed by atoms with Gasteiger partial charge in [0.25, 0.3) is 5.56 Å². The van der Waals surface area contributed by atoms with Crippen molar-refractivity contribution >= 4 is 27.3 Å². The number of hydrogen-bond acceptors (Lipinski definition) is 3. The third-order valence-electron chi connectivity index (χ3n) is 2.34. The monoisotopic (exact) mass is 298 g/mol. The zero-order chi connectivity index (χ0) is 11.7. The summed E-state index contributed by atoms with van der Waals surface area (Å²) in [6, 6.07) is 2.02. The SMILES string of the molecule is CCc1nc(-c2sccc2C)[nH]c(=O)c1Br. The number of halogens is 1. The standard InChI is InChI=1S/C11H11BrN2OS/c1-3-7-8(12)11(15)14-10(13-7)9-6(2)4-5-16-9/h4-5H,3H2,1-2H3,(H,13,14,15). The van der Waals surface area contributed by atoms with Crippen molar-refractivity contribution in [2.24, 2.45) is 0 Å². The zero-order valence-electron chi connectivity index (χ0n) is 9.00. The summed E-state index contributed by atoms with van der Waals surface area (Å²) in [4.78, 5) is 20.0. The molecular formula is C11H11BrN2OS. The molecule has 0 amide bonds. The maximum Gasteiger partial charge on any atom is 0.265 e. The number of thiophene rings is 1. The van der Waals surface area contributed by atoms with Crippen LogP contribution in [0.1, 0.15) is 18.2 Å². The minimum atomic E-state index is -0.116. The highest BCUT2D eigenvalue weighted by Gasteiger charge is 2.11. The lowest BCUT2D eigenvalue weighted by Gasteiger charge is -2.04. The largest absolute Gasteiger partial charge is 0.305 e. The Morgan fingerprint density at radius 1 is 1.56 bits per heavy atom. The first-order chi connectivity index (χ1) is 7.63. The van der Waals surface area contributed by atoms with Gasteiger partial charge in [-0.25, -0.2) is 4.98 Å². The topological polar surface area (TPSA) is 45.8 Å². The van der Waals surface area contributed by atoms with Gasteiger partial charge in [0, 0.05) is 0 Å². The second kappa shape index (κ2) is 4.51. The van der Waals surface area contributed by atoms with Gasteiger partial charge in [-0.05, 0) is 46.3 Å². The molecular weight excluding hydrogens is 288 g/mol. The van der Waals surface area contributed by atoms with Crippen LogP contribution >= 0.6 is 27.3 Å². The molecule has 0 unspecified atom stereocenters. The Hall–Kier alpha value is -0.940. The van der Waals surface area contributed by atoms with Crippen molar-refractivity contribution in [2.75, 3.05) is 0 Å². The van der Waals surface area contributed by atoms with Gasteiger partial charge in [-0.1, -0.05) is 6.92 Å². The molecule has 0 spiro atoms. The first kappa shape index (κ1) is 11.5. The average molecular weight is 299 g/mol. The van der Waals surface area contributed by atoms with Crippen LogP contribution in [0.2, 0.25) is 0 Å². The number of aryl methyl sites for hydroxylation is 2. The van der Waals surface area contributed by atoms with E-state index in [1.165, 1.54) is 0 Å². The molecule has 0 aromatic carbocycles. The molecule has 0 aliphatic carbocycles. The van der Waals surface area contributed by atoms with Gasteiger partial charge in [-0.3, -0.25) is 4.79 Å². The molecule has 0 bridgehead atoms. The molecule has 2 heterocycles. The van der Waals surface area contributed by atoms with Gasteiger partial charge < -0.3 is 4.98 Å². The molecule has 0 atom stereocenters. The van der Waals surface area contributed by atoms with Crippen molar-refractivity contribution in [1.29, 1.82) is 0 Å². The van der Waals surface area contributed by atoms with Crippen LogP contribution in [0.4, 0.5) is 0 Å². The van der Waals surface area contributed by atoms with E-state index in [0.29, 0.717) is 10.3 Å². The van der Waals surface area contributed by atoms with Crippen LogP contribution in [0.15, 0.2) is 20.7 Å². The predicted octanol–water partition coefficient (Wildman–Crippen LogP) is 3.13. The summed E-state index contributed by atoms with van der Waals surface area (Å²) < 4.78 is 0.535. The molecule has 16 heavy (non-hydrogen) atoms. The third kappa shape index (κ3) is 1.97. The molecule has 0 saturated carbocycles. The van der Waals surface area contributed by atoms with Gasteiger partial charge in [0.1, 0.15) is 4.47 Å². The number of nitrogens with zero attached hydrogens (tertiary/aromatic N) is 1. The number of aromatic nitrogens is 2. The Morgan fingerprint density at radius 2 is 2.31 bits per heavy atom. The van der Waals surface area contributed by atoms with E-state index in [2.05, 4.69) is 25.9 Å². The smallest absolute Gasteiger partial charge is 0.265 e.